The second kappa shape index (κ2) is 9.82. The number of halogens is 1. The first-order valence-corrected chi connectivity index (χ1v) is 10.7. The molecule has 158 valence electrons. The van der Waals surface area contributed by atoms with Crippen LogP contribution in [0, 0.1) is 6.92 Å². The number of nitrogens with two attached hydrogens (primary N) is 1. The zero-order chi connectivity index (χ0) is 21.7. The highest BCUT2D eigenvalue weighted by atomic mass is 35.5. The van der Waals surface area contributed by atoms with Crippen molar-refractivity contribution in [3.63, 3.8) is 0 Å². The van der Waals surface area contributed by atoms with Crippen molar-refractivity contribution in [1.29, 1.82) is 0 Å². The molecule has 0 aliphatic carbocycles. The third-order valence-electron chi connectivity index (χ3n) is 4.50. The van der Waals surface area contributed by atoms with Gasteiger partial charge >= 0.3 is 0 Å². The Morgan fingerprint density at radius 1 is 1.27 bits per heavy atom. The maximum absolute atomic E-state index is 6.30. The van der Waals surface area contributed by atoms with Crippen LogP contribution in [0.2, 0.25) is 5.02 Å². The van der Waals surface area contributed by atoms with Gasteiger partial charge in [-0.1, -0.05) is 25.4 Å². The molecule has 3 aromatic rings. The van der Waals surface area contributed by atoms with E-state index in [1.54, 1.807) is 18.7 Å². The number of nitrogen functional groups attached to an aromatic ring is 1. The number of aryl methyl sites for hydroxylation is 1. The van der Waals surface area contributed by atoms with Crippen molar-refractivity contribution >= 4 is 40.1 Å². The summed E-state index contributed by atoms with van der Waals surface area (Å²) in [5.41, 5.74) is 12.4. The summed E-state index contributed by atoms with van der Waals surface area (Å²) in [6, 6.07) is 9.78. The summed E-state index contributed by atoms with van der Waals surface area (Å²) in [7, 11) is 1.65. The number of hydrogen-bond donors (Lipinski definition) is 2. The second-order valence-electron chi connectivity index (χ2n) is 7.10. The molecular formula is C22H25ClN4O2S. The molecule has 0 radical (unpaired) electrons. The minimum Gasteiger partial charge on any atom is -0.496 e. The predicted molar refractivity (Wildman–Crippen MR) is 125 cm³/mol. The zero-order valence-corrected chi connectivity index (χ0v) is 19.0. The molecule has 0 atom stereocenters. The standard InChI is InChI=1S/C22H25ClN4O2S/c1-13(2)17-9-18(23)14(3)7-20(17)29-11-16-8-15(5-6-19(16)28-4)10-25-27-22-26-21(24)12-30-22/h5-10,12-13H,11,24H2,1-4H3,(H,26,27). The van der Waals surface area contributed by atoms with E-state index in [2.05, 4.69) is 29.4 Å². The maximum Gasteiger partial charge on any atom is 0.205 e. The molecule has 3 rings (SSSR count). The Hall–Kier alpha value is -2.77. The van der Waals surface area contributed by atoms with E-state index in [1.807, 2.05) is 37.3 Å². The fourth-order valence-electron chi connectivity index (χ4n) is 2.89. The van der Waals surface area contributed by atoms with Gasteiger partial charge in [-0.15, -0.1) is 11.3 Å². The lowest BCUT2D eigenvalue weighted by molar-refractivity contribution is 0.292. The van der Waals surface area contributed by atoms with Crippen molar-refractivity contribution in [1.82, 2.24) is 4.98 Å². The number of aromatic nitrogens is 1. The van der Waals surface area contributed by atoms with E-state index in [0.717, 1.165) is 38.8 Å². The average Bonchev–Trinajstić information content (AvgIpc) is 3.13. The van der Waals surface area contributed by atoms with Crippen LogP contribution >= 0.6 is 22.9 Å². The van der Waals surface area contributed by atoms with Crippen LogP contribution in [0.5, 0.6) is 11.5 Å². The van der Waals surface area contributed by atoms with Gasteiger partial charge < -0.3 is 15.2 Å². The lowest BCUT2D eigenvalue weighted by Crippen LogP contribution is -2.03. The monoisotopic (exact) mass is 444 g/mol. The number of hydrogen-bond acceptors (Lipinski definition) is 7. The fourth-order valence-corrected chi connectivity index (χ4v) is 3.61. The highest BCUT2D eigenvalue weighted by Crippen LogP contribution is 2.33. The molecule has 0 saturated heterocycles. The number of thiazole rings is 1. The third kappa shape index (κ3) is 5.43. The van der Waals surface area contributed by atoms with Gasteiger partial charge in [0.15, 0.2) is 0 Å². The first kappa shape index (κ1) is 21.9. The maximum atomic E-state index is 6.30. The minimum atomic E-state index is 0.296. The topological polar surface area (TPSA) is 81.8 Å². The van der Waals surface area contributed by atoms with Crippen LogP contribution in [0.15, 0.2) is 40.8 Å². The molecule has 1 aromatic heterocycles. The van der Waals surface area contributed by atoms with Crippen molar-refractivity contribution in [2.24, 2.45) is 5.10 Å². The van der Waals surface area contributed by atoms with Gasteiger partial charge in [0.2, 0.25) is 5.13 Å². The van der Waals surface area contributed by atoms with E-state index < -0.39 is 0 Å². The number of hydrazone groups is 1. The highest BCUT2D eigenvalue weighted by Gasteiger charge is 2.13. The molecule has 0 aliphatic heterocycles. The Morgan fingerprint density at radius 3 is 2.73 bits per heavy atom. The number of nitrogens with zero attached hydrogens (tertiary/aromatic N) is 2. The minimum absolute atomic E-state index is 0.296. The van der Waals surface area contributed by atoms with Crippen LogP contribution < -0.4 is 20.6 Å². The van der Waals surface area contributed by atoms with Crippen LogP contribution in [0.3, 0.4) is 0 Å². The number of benzene rings is 2. The number of nitrogens with one attached hydrogen (secondary N) is 1. The molecule has 6 nitrogen and oxygen atoms in total. The number of rotatable bonds is 8. The number of ether oxygens (including phenoxy) is 2. The molecule has 0 saturated carbocycles. The predicted octanol–water partition coefficient (Wildman–Crippen LogP) is 5.84. The normalized spacial score (nSPS) is 11.3. The van der Waals surface area contributed by atoms with Crippen LogP contribution in [0.1, 0.15) is 42.0 Å². The molecule has 3 N–H and O–H groups in total. The van der Waals surface area contributed by atoms with Crippen molar-refractivity contribution in [3.8, 4) is 11.5 Å². The second-order valence-corrected chi connectivity index (χ2v) is 8.37. The third-order valence-corrected chi connectivity index (χ3v) is 5.67. The smallest absolute Gasteiger partial charge is 0.205 e. The van der Waals surface area contributed by atoms with Crippen LogP contribution in [0.25, 0.3) is 0 Å². The first-order valence-electron chi connectivity index (χ1n) is 9.47. The Bertz CT molecular complexity index is 1050. The van der Waals surface area contributed by atoms with Gasteiger partial charge in [-0.2, -0.15) is 5.10 Å². The Labute approximate surface area is 185 Å². The number of methoxy groups -OCH3 is 1. The summed E-state index contributed by atoms with van der Waals surface area (Å²) in [5, 5.41) is 7.36. The van der Waals surface area contributed by atoms with Gasteiger partial charge in [0.1, 0.15) is 23.9 Å². The summed E-state index contributed by atoms with van der Waals surface area (Å²) in [6.07, 6.45) is 1.71. The zero-order valence-electron chi connectivity index (χ0n) is 17.4. The molecule has 0 unspecified atom stereocenters. The SMILES string of the molecule is COc1ccc(C=NNc2nc(N)cs2)cc1COc1cc(C)c(Cl)cc1C(C)C. The summed E-state index contributed by atoms with van der Waals surface area (Å²) >= 11 is 7.70. The van der Waals surface area contributed by atoms with E-state index in [9.17, 15) is 0 Å². The quantitative estimate of drug-likeness (QED) is 0.336. The molecular weight excluding hydrogens is 420 g/mol. The van der Waals surface area contributed by atoms with E-state index in [-0.39, 0.29) is 0 Å². The van der Waals surface area contributed by atoms with Gasteiger partial charge in [0.25, 0.3) is 0 Å². The van der Waals surface area contributed by atoms with Gasteiger partial charge in [0, 0.05) is 16.0 Å². The van der Waals surface area contributed by atoms with Crippen molar-refractivity contribution in [3.05, 3.63) is 63.0 Å². The van der Waals surface area contributed by atoms with Crippen molar-refractivity contribution in [2.75, 3.05) is 18.3 Å². The molecule has 0 bridgehead atoms. The van der Waals surface area contributed by atoms with E-state index >= 15 is 0 Å². The lowest BCUT2D eigenvalue weighted by atomic mass is 10.0. The van der Waals surface area contributed by atoms with Gasteiger partial charge in [-0.25, -0.2) is 4.98 Å². The fraction of sp³-hybridized carbons (Fsp3) is 0.273. The van der Waals surface area contributed by atoms with Crippen molar-refractivity contribution in [2.45, 2.75) is 33.3 Å². The molecule has 1 heterocycles. The van der Waals surface area contributed by atoms with E-state index in [4.69, 9.17) is 26.8 Å². The van der Waals surface area contributed by atoms with Crippen LogP contribution in [-0.4, -0.2) is 18.3 Å². The molecule has 0 aliphatic rings. The molecule has 0 fully saturated rings. The largest absolute Gasteiger partial charge is 0.496 e. The molecule has 0 amide bonds. The molecule has 0 spiro atoms. The molecule has 30 heavy (non-hydrogen) atoms. The molecule has 8 heteroatoms. The summed E-state index contributed by atoms with van der Waals surface area (Å²) in [6.45, 7) is 6.57. The Balaban J connectivity index is 1.77. The van der Waals surface area contributed by atoms with Crippen LogP contribution in [-0.2, 0) is 6.61 Å². The summed E-state index contributed by atoms with van der Waals surface area (Å²) < 4.78 is 11.7. The van der Waals surface area contributed by atoms with E-state index in [1.165, 1.54) is 11.3 Å². The van der Waals surface area contributed by atoms with Gasteiger partial charge in [-0.05, 0) is 59.9 Å². The van der Waals surface area contributed by atoms with Crippen LogP contribution in [0.4, 0.5) is 10.9 Å². The highest BCUT2D eigenvalue weighted by molar-refractivity contribution is 7.14. The Morgan fingerprint density at radius 2 is 2.07 bits per heavy atom. The first-order chi connectivity index (χ1) is 14.4. The van der Waals surface area contributed by atoms with Gasteiger partial charge in [0.05, 0.1) is 13.3 Å². The van der Waals surface area contributed by atoms with Crippen molar-refractivity contribution < 1.29 is 9.47 Å². The average molecular weight is 445 g/mol. The number of anilines is 2. The summed E-state index contributed by atoms with van der Waals surface area (Å²) in [4.78, 5) is 4.11. The Kier molecular flexibility index (Phi) is 7.18. The van der Waals surface area contributed by atoms with E-state index in [0.29, 0.717) is 23.5 Å². The lowest BCUT2D eigenvalue weighted by Gasteiger charge is -2.17. The molecule has 2 aromatic carbocycles. The summed E-state index contributed by atoms with van der Waals surface area (Å²) in [5.74, 6) is 2.35. The van der Waals surface area contributed by atoms with Gasteiger partial charge in [-0.3, -0.25) is 5.43 Å².